The van der Waals surface area contributed by atoms with Crippen LogP contribution in [0.5, 0.6) is 23.2 Å². The number of aromatic nitrogens is 8. The second-order valence-electron chi connectivity index (χ2n) is 26.7. The first-order valence-electron chi connectivity index (χ1n) is 36.6. The average Bonchev–Trinajstić information content (AvgIpc) is 1.63. The highest BCUT2D eigenvalue weighted by Crippen LogP contribution is 2.37. The Morgan fingerprint density at radius 3 is 1.70 bits per heavy atom. The summed E-state index contributed by atoms with van der Waals surface area (Å²) in [4.78, 5) is 115. The molecule has 3 aliphatic heterocycles. The van der Waals surface area contributed by atoms with Crippen molar-refractivity contribution in [1.29, 1.82) is 0 Å². The molecule has 3 aliphatic rings. The molecule has 0 saturated carbocycles. The number of alkyl halides is 3. The zero-order valence-electron chi connectivity index (χ0n) is 66.9. The molecular weight excluding hydrogens is 2020 g/mol. The molecule has 0 aliphatic carbocycles. The molecule has 0 unspecified atom stereocenters. The lowest BCUT2D eigenvalue weighted by Crippen LogP contribution is -2.36. The summed E-state index contributed by atoms with van der Waals surface area (Å²) in [7, 11) is 0. The molecule has 7 aromatic heterocycles. The Morgan fingerprint density at radius 2 is 1.18 bits per heavy atom. The van der Waals surface area contributed by atoms with E-state index in [1.54, 1.807) is 70.7 Å². The van der Waals surface area contributed by atoms with Crippen LogP contribution in [0.1, 0.15) is 127 Å². The monoisotopic (exact) mass is 2070 g/mol. The Morgan fingerprint density at radius 1 is 0.546 bits per heavy atom. The van der Waals surface area contributed by atoms with E-state index < -0.39 is 70.4 Å². The number of hydrogen-bond donors (Lipinski definition) is 0. The molecule has 6 aromatic carbocycles. The number of oxazole rings is 1. The summed E-state index contributed by atoms with van der Waals surface area (Å²) in [5, 5.41) is 6.51. The van der Waals surface area contributed by atoms with Crippen molar-refractivity contribution >= 4 is 233 Å². The van der Waals surface area contributed by atoms with E-state index in [4.69, 9.17) is 195 Å². The molecule has 16 rings (SSSR count). The predicted octanol–water partition coefficient (Wildman–Crippen LogP) is 25.3. The number of furan rings is 1. The maximum Gasteiger partial charge on any atom is 0.434 e. The van der Waals surface area contributed by atoms with E-state index in [0.29, 0.717) is 75.7 Å². The van der Waals surface area contributed by atoms with E-state index in [1.807, 2.05) is 88.4 Å². The third-order valence-corrected chi connectivity index (χ3v) is 20.3. The van der Waals surface area contributed by atoms with Gasteiger partial charge in [-0.15, -0.1) is 11.3 Å². The van der Waals surface area contributed by atoms with Crippen molar-refractivity contribution < 1.29 is 93.2 Å². The average molecular weight is 2080 g/mol. The van der Waals surface area contributed by atoms with Crippen LogP contribution in [0.2, 0.25) is 25.2 Å². The van der Waals surface area contributed by atoms with Gasteiger partial charge < -0.3 is 37.4 Å². The molecule has 0 radical (unpaired) electrons. The molecule has 25 nitrogen and oxygen atoms in total. The summed E-state index contributed by atoms with van der Waals surface area (Å²) >= 11 is 77.4. The van der Waals surface area contributed by atoms with Crippen molar-refractivity contribution in [3.63, 3.8) is 0 Å². The molecule has 1 fully saturated rings. The van der Waals surface area contributed by atoms with Crippen LogP contribution in [0.25, 0.3) is 33.7 Å². The van der Waals surface area contributed by atoms with Crippen LogP contribution in [0, 0.1) is 12.7 Å². The minimum absolute atomic E-state index is 0.00907. The largest absolute Gasteiger partial charge is 0.488 e. The van der Waals surface area contributed by atoms with Crippen molar-refractivity contribution in [3.05, 3.63) is 311 Å². The number of fused-ring (bicyclic) bond motifs is 2. The highest BCUT2D eigenvalue weighted by Gasteiger charge is 2.40. The first-order valence-corrected chi connectivity index (χ1v) is 42.8. The fourth-order valence-corrected chi connectivity index (χ4v) is 13.7. The molecule has 0 atom stereocenters. The summed E-state index contributed by atoms with van der Waals surface area (Å²) in [6, 6.07) is 47.7. The number of rotatable bonds is 15. The molecule has 0 spiro atoms. The Balaban J connectivity index is 0.000000181. The number of ether oxygens (including phenoxy) is 5. The lowest BCUT2D eigenvalue weighted by atomic mass is 10.1. The number of thiazole rings is 1. The fourth-order valence-electron chi connectivity index (χ4n) is 10.8. The van der Waals surface area contributed by atoms with Crippen LogP contribution in [0.3, 0.4) is 0 Å². The van der Waals surface area contributed by atoms with Gasteiger partial charge in [-0.25, -0.2) is 29.0 Å². The van der Waals surface area contributed by atoms with Gasteiger partial charge in [0.1, 0.15) is 57.0 Å². The van der Waals surface area contributed by atoms with Gasteiger partial charge in [0.25, 0.3) is 53.1 Å². The van der Waals surface area contributed by atoms with Gasteiger partial charge in [0.05, 0.1) is 53.9 Å². The van der Waals surface area contributed by atoms with Crippen molar-refractivity contribution in [1.82, 2.24) is 39.5 Å². The second-order valence-corrected chi connectivity index (χ2v) is 32.8. The Bertz CT molecular complexity index is 6180. The topological polar surface area (TPSA) is 316 Å². The standard InChI is InChI=1S/C11H5Cl3O3.C11H5Cl2F3N2O.C10H6Cl2O2.C10H11ClN2O2.C10H6ClNO2.C10H6ClNOS.C9H6ClFO3.C9H13ClN2O.C6H3Cl2NO/c12-6-3-7(13)5-8(4-6)16-10-2-1-9(17-10)11(14)15;12-6-1-3-7(4-2-6)18-9(11(14,15)16)8(5-17-18)10(13)19;11-8-1-2-9-6(4-8)3-7(5-14-9)10(12)13;11-10(14)8-1-2-9(12-7-8)13-3-5-15-6-4-13;11-10(13)8-9(14-6-12-8)7-4-2-1-3-5-7;11-9(13)8-6-14-10(12-8)7-4-2-1-3-5-7;10-9(12)7-2-6(11)1-5-3-13-4-14-8(5)7;1-6-5-7(8(10)13)11-12(6)9(2,3)4;7-5-3-4(6(8)10)1-2-9-5/h1-5H;1-5H;1-4H,5H2;1-2,7H,3-6H2;2*1-6H;1-2H,3-4H2;5H,1-4H3;1-3H. The number of aryl methyl sites for hydroxylation is 1. The van der Waals surface area contributed by atoms with Crippen molar-refractivity contribution in [2.45, 2.75) is 46.0 Å². The zero-order chi connectivity index (χ0) is 95.3. The van der Waals surface area contributed by atoms with E-state index >= 15 is 0 Å². The summed E-state index contributed by atoms with van der Waals surface area (Å²) < 4.78 is 90.3. The van der Waals surface area contributed by atoms with Gasteiger partial charge >= 0.3 is 6.18 Å². The van der Waals surface area contributed by atoms with E-state index in [9.17, 15) is 60.7 Å². The number of nitrogens with zero attached hydrogens (tertiary/aromatic N) is 9. The Labute approximate surface area is 810 Å². The minimum Gasteiger partial charge on any atom is -0.488 e. The number of halogens is 18. The number of carbonyl (C=O) groups excluding carboxylic acids is 9. The van der Waals surface area contributed by atoms with E-state index in [2.05, 4.69) is 35.0 Å². The Kier molecular flexibility index (Phi) is 40.8. The highest BCUT2D eigenvalue weighted by molar-refractivity contribution is 7.13. The number of hydrogen-bond acceptors (Lipinski definition) is 24. The van der Waals surface area contributed by atoms with Crippen LogP contribution in [0.4, 0.5) is 23.4 Å². The van der Waals surface area contributed by atoms with Crippen molar-refractivity contribution in [2.24, 2.45) is 0 Å². The molecule has 0 amide bonds. The maximum atomic E-state index is 13.0. The number of carbonyl (C=O) groups is 9. The van der Waals surface area contributed by atoms with Gasteiger partial charge in [0.2, 0.25) is 0 Å². The van der Waals surface area contributed by atoms with Gasteiger partial charge in [-0.05, 0) is 247 Å². The van der Waals surface area contributed by atoms with Gasteiger partial charge in [-0.1, -0.05) is 119 Å². The van der Waals surface area contributed by atoms with E-state index in [1.165, 1.54) is 84.7 Å². The molecular formula is C86H61Cl14F4N9O16S. The summed E-state index contributed by atoms with van der Waals surface area (Å²) in [5.41, 5.74) is 4.18. The third kappa shape index (κ3) is 32.7. The lowest BCUT2D eigenvalue weighted by Gasteiger charge is -2.27. The molecule has 130 heavy (non-hydrogen) atoms. The molecule has 44 heteroatoms. The first-order chi connectivity index (χ1) is 61.5. The lowest BCUT2D eigenvalue weighted by molar-refractivity contribution is -0.143. The summed E-state index contributed by atoms with van der Waals surface area (Å²) in [6.07, 6.45) is 1.86. The van der Waals surface area contributed by atoms with Crippen LogP contribution >= 0.6 is 174 Å². The van der Waals surface area contributed by atoms with Gasteiger partial charge in [-0.3, -0.25) is 47.8 Å². The quantitative estimate of drug-likeness (QED) is 0.0523. The molecule has 0 N–H and O–H groups in total. The zero-order valence-corrected chi connectivity index (χ0v) is 78.3. The van der Waals surface area contributed by atoms with E-state index in [0.717, 1.165) is 77.5 Å². The number of benzene rings is 6. The number of pyridine rings is 2. The minimum atomic E-state index is -4.75. The molecule has 678 valence electrons. The molecule has 0 bridgehead atoms. The highest BCUT2D eigenvalue weighted by atomic mass is 35.5. The Hall–Kier alpha value is -10.2. The normalized spacial score (nSPS) is 12.1. The smallest absolute Gasteiger partial charge is 0.434 e. The van der Waals surface area contributed by atoms with Gasteiger partial charge in [0.15, 0.2) is 36.1 Å². The van der Waals surface area contributed by atoms with Crippen LogP contribution in [-0.4, -0.2) is 126 Å². The van der Waals surface area contributed by atoms with Gasteiger partial charge in [0, 0.05) is 96.1 Å². The maximum absolute atomic E-state index is 13.0. The van der Waals surface area contributed by atoms with Crippen molar-refractivity contribution in [3.8, 4) is 50.8 Å². The van der Waals surface area contributed by atoms with Gasteiger partial charge in [-0.2, -0.15) is 23.4 Å². The van der Waals surface area contributed by atoms with Crippen LogP contribution in [-0.2, 0) is 32.6 Å². The predicted molar refractivity (Wildman–Crippen MR) is 491 cm³/mol. The SMILES string of the molecule is Cc1cc(C(=O)Cl)nn1C(C)(C)C.O=C(Cl)C1=Cc2cc(Cl)ccc2OC1.O=C(Cl)c1cc(F)cc2c1OCOC2.O=C(Cl)c1ccc(N2CCOCC2)nc1.O=C(Cl)c1ccc(Oc2cc(Cl)cc(Cl)c2)o1.O=C(Cl)c1ccnc(Cl)c1.O=C(Cl)c1cnn(-c2ccc(Cl)cc2)c1C(F)(F)F.O=C(Cl)c1csc(-c2ccccc2)n1.O=C(Cl)c1ncoc1-c1ccccc1. The van der Waals surface area contributed by atoms with Crippen LogP contribution < -0.4 is 19.1 Å². The first kappa shape index (κ1) is 105. The third-order valence-electron chi connectivity index (χ3n) is 16.5. The van der Waals surface area contributed by atoms with Crippen LogP contribution in [0.15, 0.2) is 221 Å². The summed E-state index contributed by atoms with van der Waals surface area (Å²) in [5.74, 6) is 2.33. The summed E-state index contributed by atoms with van der Waals surface area (Å²) in [6.45, 7) is 11.6. The molecule has 1 saturated heterocycles. The number of anilines is 1. The number of morpholine rings is 1. The van der Waals surface area contributed by atoms with E-state index in [-0.39, 0.29) is 59.4 Å². The fraction of sp³-hybridized carbons (Fsp3) is 0.151. The van der Waals surface area contributed by atoms with Crippen molar-refractivity contribution in [2.75, 3.05) is 44.6 Å². The molecule has 13 aromatic rings. The molecule has 10 heterocycles. The second kappa shape index (κ2) is 50.5.